The predicted octanol–water partition coefficient (Wildman–Crippen LogP) is 3.15. The van der Waals surface area contributed by atoms with Crippen LogP contribution in [0.4, 0.5) is 29.0 Å². The summed E-state index contributed by atoms with van der Waals surface area (Å²) >= 11 is 12.1. The van der Waals surface area contributed by atoms with E-state index in [0.717, 1.165) is 0 Å². The van der Waals surface area contributed by atoms with Crippen LogP contribution >= 0.6 is 23.2 Å². The molecule has 3 rings (SSSR count). The Hall–Kier alpha value is -3.37. The smallest absolute Gasteiger partial charge is 0.311 e. The van der Waals surface area contributed by atoms with Gasteiger partial charge in [-0.15, -0.1) is 0 Å². The summed E-state index contributed by atoms with van der Waals surface area (Å²) in [6.07, 6.45) is 0.385. The third kappa shape index (κ3) is 4.55. The SMILES string of the molecule is Nc1nc(NCCc2nc(N)c(-c3ccc(Cl)cc3Cl)nc2N)ccc1[N+](=O)[O-]. The summed E-state index contributed by atoms with van der Waals surface area (Å²) in [7, 11) is 0. The first-order valence-corrected chi connectivity index (χ1v) is 9.04. The Balaban J connectivity index is 1.73. The zero-order valence-electron chi connectivity index (χ0n) is 14.9. The first-order valence-electron chi connectivity index (χ1n) is 8.28. The molecule has 2 heterocycles. The van der Waals surface area contributed by atoms with Crippen LogP contribution in [-0.4, -0.2) is 26.4 Å². The summed E-state index contributed by atoms with van der Waals surface area (Å²) in [5.41, 5.74) is 18.8. The molecule has 0 amide bonds. The van der Waals surface area contributed by atoms with E-state index >= 15 is 0 Å². The number of rotatable bonds is 6. The maximum Gasteiger partial charge on any atom is 0.311 e. The van der Waals surface area contributed by atoms with Crippen LogP contribution in [0.2, 0.25) is 10.0 Å². The number of halogens is 2. The van der Waals surface area contributed by atoms with Gasteiger partial charge in [0.1, 0.15) is 17.3 Å². The molecule has 0 radical (unpaired) electrons. The van der Waals surface area contributed by atoms with Gasteiger partial charge in [-0.1, -0.05) is 23.2 Å². The lowest BCUT2D eigenvalue weighted by molar-refractivity contribution is -0.384. The van der Waals surface area contributed by atoms with Crippen molar-refractivity contribution in [3.63, 3.8) is 0 Å². The number of nitro groups is 1. The Labute approximate surface area is 175 Å². The van der Waals surface area contributed by atoms with Gasteiger partial charge < -0.3 is 22.5 Å². The summed E-state index contributed by atoms with van der Waals surface area (Å²) in [4.78, 5) is 22.8. The molecule has 10 nitrogen and oxygen atoms in total. The van der Waals surface area contributed by atoms with Gasteiger partial charge >= 0.3 is 5.69 Å². The highest BCUT2D eigenvalue weighted by molar-refractivity contribution is 6.36. The summed E-state index contributed by atoms with van der Waals surface area (Å²) in [6, 6.07) is 7.68. The molecule has 2 aromatic heterocycles. The highest BCUT2D eigenvalue weighted by Crippen LogP contribution is 2.32. The van der Waals surface area contributed by atoms with Gasteiger partial charge in [-0.05, 0) is 24.3 Å². The second-order valence-corrected chi connectivity index (χ2v) is 6.79. The third-order valence-electron chi connectivity index (χ3n) is 3.98. The van der Waals surface area contributed by atoms with Crippen molar-refractivity contribution in [2.75, 3.05) is 29.1 Å². The van der Waals surface area contributed by atoms with Gasteiger partial charge in [-0.3, -0.25) is 10.1 Å². The normalized spacial score (nSPS) is 10.7. The number of benzene rings is 1. The van der Waals surface area contributed by atoms with E-state index in [2.05, 4.69) is 20.3 Å². The quantitative estimate of drug-likeness (QED) is 0.335. The van der Waals surface area contributed by atoms with Crippen molar-refractivity contribution in [1.82, 2.24) is 15.0 Å². The monoisotopic (exact) mass is 434 g/mol. The lowest BCUT2D eigenvalue weighted by atomic mass is 10.1. The van der Waals surface area contributed by atoms with Crippen molar-refractivity contribution in [1.29, 1.82) is 0 Å². The van der Waals surface area contributed by atoms with E-state index < -0.39 is 4.92 Å². The first kappa shape index (κ1) is 20.4. The molecule has 0 aliphatic carbocycles. The zero-order chi connectivity index (χ0) is 21.1. The minimum atomic E-state index is -0.598. The fraction of sp³-hybridized carbons (Fsp3) is 0.118. The van der Waals surface area contributed by atoms with Gasteiger partial charge in [0.25, 0.3) is 0 Å². The van der Waals surface area contributed by atoms with Crippen molar-refractivity contribution in [2.45, 2.75) is 6.42 Å². The number of nitrogens with two attached hydrogens (primary N) is 3. The molecule has 0 atom stereocenters. The van der Waals surface area contributed by atoms with Crippen molar-refractivity contribution < 1.29 is 4.92 Å². The van der Waals surface area contributed by atoms with Crippen LogP contribution < -0.4 is 22.5 Å². The van der Waals surface area contributed by atoms with Gasteiger partial charge in [0, 0.05) is 29.6 Å². The number of hydrogen-bond donors (Lipinski definition) is 4. The zero-order valence-corrected chi connectivity index (χ0v) is 16.4. The summed E-state index contributed by atoms with van der Waals surface area (Å²) < 4.78 is 0. The second-order valence-electron chi connectivity index (χ2n) is 5.95. The van der Waals surface area contributed by atoms with Crippen LogP contribution in [0.25, 0.3) is 11.3 Å². The van der Waals surface area contributed by atoms with Crippen LogP contribution in [-0.2, 0) is 6.42 Å². The summed E-state index contributed by atoms with van der Waals surface area (Å²) in [6.45, 7) is 0.379. The molecular formula is C17H16Cl2N8O2. The van der Waals surface area contributed by atoms with Crippen LogP contribution in [0.1, 0.15) is 5.69 Å². The molecule has 12 heteroatoms. The third-order valence-corrected chi connectivity index (χ3v) is 4.53. The van der Waals surface area contributed by atoms with Gasteiger partial charge in [-0.2, -0.15) is 0 Å². The van der Waals surface area contributed by atoms with Gasteiger partial charge in [0.15, 0.2) is 5.82 Å². The van der Waals surface area contributed by atoms with Crippen molar-refractivity contribution in [3.8, 4) is 11.3 Å². The Morgan fingerprint density at radius 2 is 1.76 bits per heavy atom. The van der Waals surface area contributed by atoms with Gasteiger partial charge in [0.05, 0.1) is 15.6 Å². The van der Waals surface area contributed by atoms with E-state index in [0.29, 0.717) is 45.8 Å². The Morgan fingerprint density at radius 1 is 1.00 bits per heavy atom. The number of anilines is 4. The number of pyridine rings is 1. The van der Waals surface area contributed by atoms with Crippen molar-refractivity contribution in [3.05, 3.63) is 56.2 Å². The number of nitrogen functional groups attached to an aromatic ring is 3. The van der Waals surface area contributed by atoms with Crippen LogP contribution in [0.5, 0.6) is 0 Å². The van der Waals surface area contributed by atoms with E-state index in [9.17, 15) is 10.1 Å². The minimum absolute atomic E-state index is 0.173. The molecule has 3 aromatic rings. The molecule has 0 aliphatic heterocycles. The summed E-state index contributed by atoms with van der Waals surface area (Å²) in [5.74, 6) is 0.597. The van der Waals surface area contributed by atoms with E-state index in [4.69, 9.17) is 40.4 Å². The Bertz CT molecular complexity index is 1090. The largest absolute Gasteiger partial charge is 0.382 e. The average molecular weight is 435 g/mol. The molecule has 7 N–H and O–H groups in total. The molecule has 0 bridgehead atoms. The maximum absolute atomic E-state index is 10.8. The lowest BCUT2D eigenvalue weighted by Gasteiger charge is -2.12. The Kier molecular flexibility index (Phi) is 5.85. The molecule has 0 saturated carbocycles. The standard InChI is InChI=1S/C17H16Cl2N8O2/c18-8-1-2-9(10(19)7-8)14-17(22)24-11(15(20)26-14)5-6-23-13-4-3-12(27(28)29)16(21)25-13/h1-4,7H,5-6H2,(H2,20,26)(H2,22,24)(H3,21,23,25). The first-order chi connectivity index (χ1) is 13.8. The predicted molar refractivity (Wildman–Crippen MR) is 114 cm³/mol. The van der Waals surface area contributed by atoms with E-state index in [1.165, 1.54) is 12.1 Å². The van der Waals surface area contributed by atoms with Crippen molar-refractivity contribution in [2.24, 2.45) is 0 Å². The fourth-order valence-corrected chi connectivity index (χ4v) is 3.09. The fourth-order valence-electron chi connectivity index (χ4n) is 2.59. The second kappa shape index (κ2) is 8.33. The molecule has 0 saturated heterocycles. The highest BCUT2D eigenvalue weighted by atomic mass is 35.5. The van der Waals surface area contributed by atoms with E-state index in [1.807, 2.05) is 0 Å². The maximum atomic E-state index is 10.8. The minimum Gasteiger partial charge on any atom is -0.382 e. The average Bonchev–Trinajstić information content (AvgIpc) is 2.64. The van der Waals surface area contributed by atoms with Crippen LogP contribution in [0, 0.1) is 10.1 Å². The topological polar surface area (TPSA) is 172 Å². The number of nitrogens with one attached hydrogen (secondary N) is 1. The molecule has 150 valence electrons. The molecule has 0 aliphatic rings. The van der Waals surface area contributed by atoms with Crippen molar-refractivity contribution >= 4 is 52.2 Å². The van der Waals surface area contributed by atoms with E-state index in [1.54, 1.807) is 18.2 Å². The molecule has 0 spiro atoms. The number of hydrogen-bond acceptors (Lipinski definition) is 9. The summed E-state index contributed by atoms with van der Waals surface area (Å²) in [5, 5.41) is 14.6. The highest BCUT2D eigenvalue weighted by Gasteiger charge is 2.15. The van der Waals surface area contributed by atoms with Gasteiger partial charge in [-0.25, -0.2) is 15.0 Å². The number of nitrogens with zero attached hydrogens (tertiary/aromatic N) is 4. The Morgan fingerprint density at radius 3 is 2.41 bits per heavy atom. The molecule has 0 fully saturated rings. The van der Waals surface area contributed by atoms with E-state index in [-0.39, 0.29) is 23.1 Å². The van der Waals surface area contributed by atoms with Gasteiger partial charge in [0.2, 0.25) is 5.82 Å². The molecular weight excluding hydrogens is 419 g/mol. The molecule has 1 aromatic carbocycles. The lowest BCUT2D eigenvalue weighted by Crippen LogP contribution is -2.13. The van der Waals surface area contributed by atoms with Crippen LogP contribution in [0.15, 0.2) is 30.3 Å². The van der Waals surface area contributed by atoms with Crippen LogP contribution in [0.3, 0.4) is 0 Å². The molecule has 0 unspecified atom stereocenters. The number of aromatic nitrogens is 3. The molecule has 29 heavy (non-hydrogen) atoms.